The van der Waals surface area contributed by atoms with Crippen LogP contribution in [0.3, 0.4) is 0 Å². The summed E-state index contributed by atoms with van der Waals surface area (Å²) in [6, 6.07) is 14.0. The van der Waals surface area contributed by atoms with Crippen molar-refractivity contribution in [3.63, 3.8) is 0 Å². The van der Waals surface area contributed by atoms with E-state index < -0.39 is 4.92 Å². The summed E-state index contributed by atoms with van der Waals surface area (Å²) in [5.41, 5.74) is 1.85. The molecule has 0 saturated carbocycles. The molecular formula is C19H21N5O3. The summed E-state index contributed by atoms with van der Waals surface area (Å²) >= 11 is 0. The maximum absolute atomic E-state index is 10.7. The average molecular weight is 367 g/mol. The molecule has 0 atom stereocenters. The highest BCUT2D eigenvalue weighted by molar-refractivity contribution is 5.57. The van der Waals surface area contributed by atoms with Gasteiger partial charge >= 0.3 is 0 Å². The van der Waals surface area contributed by atoms with Crippen molar-refractivity contribution in [1.82, 2.24) is 15.2 Å². The number of anilines is 1. The Kier molecular flexibility index (Phi) is 5.65. The molecule has 0 aliphatic rings. The maximum Gasteiger partial charge on any atom is 0.269 e. The second-order valence-corrected chi connectivity index (χ2v) is 5.87. The number of aromatic amines is 1. The number of hydrogen-bond acceptors (Lipinski definition) is 6. The molecule has 3 aromatic rings. The van der Waals surface area contributed by atoms with E-state index >= 15 is 0 Å². The van der Waals surface area contributed by atoms with E-state index in [4.69, 9.17) is 4.74 Å². The first-order chi connectivity index (χ1) is 13.1. The third-order valence-corrected chi connectivity index (χ3v) is 4.19. The molecule has 0 spiro atoms. The number of rotatable bonds is 8. The lowest BCUT2D eigenvalue weighted by atomic mass is 10.2. The van der Waals surface area contributed by atoms with Crippen LogP contribution in [0.4, 0.5) is 11.4 Å². The van der Waals surface area contributed by atoms with E-state index in [0.29, 0.717) is 17.2 Å². The van der Waals surface area contributed by atoms with Gasteiger partial charge in [-0.05, 0) is 38.1 Å². The number of benzene rings is 2. The summed E-state index contributed by atoms with van der Waals surface area (Å²) in [6.45, 7) is 6.35. The highest BCUT2D eigenvalue weighted by atomic mass is 16.6. The fourth-order valence-corrected chi connectivity index (χ4v) is 2.73. The predicted molar refractivity (Wildman–Crippen MR) is 103 cm³/mol. The summed E-state index contributed by atoms with van der Waals surface area (Å²) in [7, 11) is 0. The Balaban J connectivity index is 1.66. The number of nitrogens with one attached hydrogen (secondary N) is 1. The van der Waals surface area contributed by atoms with Gasteiger partial charge in [-0.3, -0.25) is 15.2 Å². The van der Waals surface area contributed by atoms with Gasteiger partial charge in [-0.1, -0.05) is 6.07 Å². The van der Waals surface area contributed by atoms with Gasteiger partial charge in [-0.2, -0.15) is 5.10 Å². The van der Waals surface area contributed by atoms with Crippen molar-refractivity contribution in [2.45, 2.75) is 20.5 Å². The molecule has 8 heteroatoms. The molecule has 1 N–H and O–H groups in total. The second kappa shape index (κ2) is 8.31. The van der Waals surface area contributed by atoms with Gasteiger partial charge in [0.15, 0.2) is 11.6 Å². The minimum absolute atomic E-state index is 0.0333. The topological polar surface area (TPSA) is 97.2 Å². The van der Waals surface area contributed by atoms with Gasteiger partial charge in [0.2, 0.25) is 0 Å². The fraction of sp³-hybridized carbons (Fsp3) is 0.263. The Hall–Kier alpha value is -3.42. The van der Waals surface area contributed by atoms with Gasteiger partial charge < -0.3 is 9.64 Å². The number of ether oxygens (including phenoxy) is 1. The quantitative estimate of drug-likeness (QED) is 0.480. The summed E-state index contributed by atoms with van der Waals surface area (Å²) in [4.78, 5) is 16.9. The smallest absolute Gasteiger partial charge is 0.269 e. The summed E-state index contributed by atoms with van der Waals surface area (Å²) in [6.07, 6.45) is 0. The first-order valence-electron chi connectivity index (χ1n) is 8.74. The molecule has 0 radical (unpaired) electrons. The molecule has 0 aliphatic heterocycles. The zero-order valence-corrected chi connectivity index (χ0v) is 15.3. The monoisotopic (exact) mass is 367 g/mol. The van der Waals surface area contributed by atoms with Gasteiger partial charge in [0.25, 0.3) is 5.69 Å². The van der Waals surface area contributed by atoms with E-state index in [9.17, 15) is 10.1 Å². The number of H-pyrrole nitrogens is 1. The molecule has 0 unspecified atom stereocenters. The van der Waals surface area contributed by atoms with Crippen LogP contribution >= 0.6 is 0 Å². The van der Waals surface area contributed by atoms with Crippen molar-refractivity contribution in [2.24, 2.45) is 0 Å². The first-order valence-corrected chi connectivity index (χ1v) is 8.74. The standard InChI is InChI=1S/C19H21N5O3/c1-3-23(4-2)16-6-5-7-17(12-16)27-13-18-20-19(22-21-18)14-8-10-15(11-9-14)24(25)26/h5-12H,3-4,13H2,1-2H3,(H,20,21,22). The van der Waals surface area contributed by atoms with E-state index in [2.05, 4.69) is 40.0 Å². The number of nitrogens with zero attached hydrogens (tertiary/aromatic N) is 4. The third kappa shape index (κ3) is 4.41. The molecule has 8 nitrogen and oxygen atoms in total. The van der Waals surface area contributed by atoms with Gasteiger partial charge in [0, 0.05) is 42.5 Å². The van der Waals surface area contributed by atoms with Gasteiger partial charge in [-0.15, -0.1) is 0 Å². The van der Waals surface area contributed by atoms with Crippen LogP contribution in [0, 0.1) is 10.1 Å². The van der Waals surface area contributed by atoms with Crippen molar-refractivity contribution in [1.29, 1.82) is 0 Å². The lowest BCUT2D eigenvalue weighted by Gasteiger charge is -2.21. The van der Waals surface area contributed by atoms with Crippen molar-refractivity contribution < 1.29 is 9.66 Å². The van der Waals surface area contributed by atoms with E-state index in [1.165, 1.54) is 12.1 Å². The predicted octanol–water partition coefficient (Wildman–Crippen LogP) is 3.81. The van der Waals surface area contributed by atoms with Crippen molar-refractivity contribution in [3.8, 4) is 17.1 Å². The molecule has 27 heavy (non-hydrogen) atoms. The van der Waals surface area contributed by atoms with Crippen LogP contribution in [-0.2, 0) is 6.61 Å². The SMILES string of the molecule is CCN(CC)c1cccc(OCc2nc(-c3ccc([N+](=O)[O-])cc3)n[nH]2)c1. The number of nitro groups is 1. The van der Waals surface area contributed by atoms with Crippen LogP contribution in [0.15, 0.2) is 48.5 Å². The van der Waals surface area contributed by atoms with Crippen LogP contribution < -0.4 is 9.64 Å². The number of aromatic nitrogens is 3. The molecule has 3 rings (SSSR count). The Morgan fingerprint density at radius 2 is 1.89 bits per heavy atom. The molecule has 0 saturated heterocycles. The van der Waals surface area contributed by atoms with Crippen LogP contribution in [-0.4, -0.2) is 33.2 Å². The number of nitro benzene ring substituents is 1. The maximum atomic E-state index is 10.7. The molecule has 0 fully saturated rings. The van der Waals surface area contributed by atoms with E-state index in [0.717, 1.165) is 24.5 Å². The van der Waals surface area contributed by atoms with Crippen molar-refractivity contribution in [3.05, 3.63) is 64.5 Å². The Morgan fingerprint density at radius 1 is 1.15 bits per heavy atom. The van der Waals surface area contributed by atoms with Crippen LogP contribution in [0.25, 0.3) is 11.4 Å². The minimum atomic E-state index is -0.437. The Morgan fingerprint density at radius 3 is 2.56 bits per heavy atom. The summed E-state index contributed by atoms with van der Waals surface area (Å²) < 4.78 is 5.82. The normalized spacial score (nSPS) is 10.6. The summed E-state index contributed by atoms with van der Waals surface area (Å²) in [5, 5.41) is 17.7. The molecule has 0 aliphatic carbocycles. The lowest BCUT2D eigenvalue weighted by Crippen LogP contribution is -2.21. The van der Waals surface area contributed by atoms with Crippen molar-refractivity contribution in [2.75, 3.05) is 18.0 Å². The Labute approximate surface area is 157 Å². The van der Waals surface area contributed by atoms with E-state index in [1.54, 1.807) is 12.1 Å². The molecule has 1 aromatic heterocycles. The molecular weight excluding hydrogens is 346 g/mol. The second-order valence-electron chi connectivity index (χ2n) is 5.87. The third-order valence-electron chi connectivity index (χ3n) is 4.19. The Bertz CT molecular complexity index is 904. The molecule has 1 heterocycles. The van der Waals surface area contributed by atoms with Crippen LogP contribution in [0.2, 0.25) is 0 Å². The van der Waals surface area contributed by atoms with Crippen molar-refractivity contribution >= 4 is 11.4 Å². The summed E-state index contributed by atoms with van der Waals surface area (Å²) in [5.74, 6) is 1.81. The van der Waals surface area contributed by atoms with Gasteiger partial charge in [0.1, 0.15) is 12.4 Å². The van der Waals surface area contributed by atoms with Gasteiger partial charge in [-0.25, -0.2) is 4.98 Å². The molecule has 0 amide bonds. The highest BCUT2D eigenvalue weighted by Gasteiger charge is 2.10. The fourth-order valence-electron chi connectivity index (χ4n) is 2.73. The average Bonchev–Trinajstić information content (AvgIpc) is 3.17. The molecule has 140 valence electrons. The van der Waals surface area contributed by atoms with Crippen LogP contribution in [0.5, 0.6) is 5.75 Å². The number of non-ortho nitro benzene ring substituents is 1. The van der Waals surface area contributed by atoms with E-state index in [-0.39, 0.29) is 12.3 Å². The molecule has 0 bridgehead atoms. The van der Waals surface area contributed by atoms with Crippen LogP contribution in [0.1, 0.15) is 19.7 Å². The molecule has 2 aromatic carbocycles. The zero-order valence-electron chi connectivity index (χ0n) is 15.3. The minimum Gasteiger partial charge on any atom is -0.486 e. The number of hydrogen-bond donors (Lipinski definition) is 1. The first kappa shape index (κ1) is 18.4. The van der Waals surface area contributed by atoms with E-state index in [1.807, 2.05) is 18.2 Å². The highest BCUT2D eigenvalue weighted by Crippen LogP contribution is 2.22. The zero-order chi connectivity index (χ0) is 19.2. The largest absolute Gasteiger partial charge is 0.486 e. The van der Waals surface area contributed by atoms with Gasteiger partial charge in [0.05, 0.1) is 4.92 Å². The lowest BCUT2D eigenvalue weighted by molar-refractivity contribution is -0.384.